The number of hydrogen-bond donors (Lipinski definition) is 1. The highest BCUT2D eigenvalue weighted by molar-refractivity contribution is 7.88. The van der Waals surface area contributed by atoms with E-state index in [1.807, 2.05) is 24.3 Å². The standard InChI is InChI=1S/C24H29ClN2O4S/c1-32(29,30)27(16-18-9-3-5-11-20(18)25)17-23(28)26-21-15-24(13-7-2-8-14-24)31-22-12-6-4-10-19(21)22/h3-6,9-12,21H,2,7-8,13-17H2,1H3,(H,26,28)/t21-/m0/s1. The average Bonchev–Trinajstić information content (AvgIpc) is 2.74. The van der Waals surface area contributed by atoms with Crippen molar-refractivity contribution in [1.82, 2.24) is 9.62 Å². The Hall–Kier alpha value is -2.09. The number of halogens is 1. The number of benzene rings is 2. The van der Waals surface area contributed by atoms with Crippen molar-refractivity contribution in [3.63, 3.8) is 0 Å². The average molecular weight is 477 g/mol. The molecule has 0 bridgehead atoms. The fourth-order valence-corrected chi connectivity index (χ4v) is 5.68. The van der Waals surface area contributed by atoms with Gasteiger partial charge in [0.25, 0.3) is 0 Å². The summed E-state index contributed by atoms with van der Waals surface area (Å²) >= 11 is 6.21. The third kappa shape index (κ3) is 5.27. The number of rotatable bonds is 6. The summed E-state index contributed by atoms with van der Waals surface area (Å²) in [5.74, 6) is 0.470. The summed E-state index contributed by atoms with van der Waals surface area (Å²) in [7, 11) is -3.61. The minimum Gasteiger partial charge on any atom is -0.487 e. The van der Waals surface area contributed by atoms with Crippen LogP contribution < -0.4 is 10.1 Å². The molecular formula is C24H29ClN2O4S. The van der Waals surface area contributed by atoms with Crippen LogP contribution in [0.2, 0.25) is 5.02 Å². The van der Waals surface area contributed by atoms with Crippen LogP contribution in [-0.2, 0) is 21.4 Å². The third-order valence-electron chi connectivity index (χ3n) is 6.39. The van der Waals surface area contributed by atoms with Crippen molar-refractivity contribution < 1.29 is 17.9 Å². The molecule has 2 aromatic carbocycles. The van der Waals surface area contributed by atoms with Crippen LogP contribution in [0, 0.1) is 0 Å². The number of para-hydroxylation sites is 1. The highest BCUT2D eigenvalue weighted by atomic mass is 35.5. The zero-order chi connectivity index (χ0) is 22.8. The van der Waals surface area contributed by atoms with Crippen LogP contribution in [0.25, 0.3) is 0 Å². The molecule has 1 saturated carbocycles. The summed E-state index contributed by atoms with van der Waals surface area (Å²) in [6.07, 6.45) is 7.17. The first kappa shape index (κ1) is 23.1. The lowest BCUT2D eigenvalue weighted by Crippen LogP contribution is -2.48. The predicted octanol–water partition coefficient (Wildman–Crippen LogP) is 4.44. The van der Waals surface area contributed by atoms with E-state index in [0.29, 0.717) is 17.0 Å². The summed E-state index contributed by atoms with van der Waals surface area (Å²) in [6.45, 7) is -0.225. The van der Waals surface area contributed by atoms with Crippen molar-refractivity contribution in [3.8, 4) is 5.75 Å². The van der Waals surface area contributed by atoms with Crippen LogP contribution in [0.15, 0.2) is 48.5 Å². The van der Waals surface area contributed by atoms with E-state index in [1.54, 1.807) is 24.3 Å². The first-order chi connectivity index (χ1) is 15.3. The van der Waals surface area contributed by atoms with Crippen LogP contribution in [0.3, 0.4) is 0 Å². The number of nitrogens with zero attached hydrogens (tertiary/aromatic N) is 1. The Balaban J connectivity index is 1.52. The molecule has 1 atom stereocenters. The van der Waals surface area contributed by atoms with Crippen molar-refractivity contribution in [2.75, 3.05) is 12.8 Å². The maximum atomic E-state index is 13.0. The molecule has 1 spiro atoms. The van der Waals surface area contributed by atoms with Gasteiger partial charge in [0, 0.05) is 23.6 Å². The summed E-state index contributed by atoms with van der Waals surface area (Å²) in [5.41, 5.74) is 1.33. The van der Waals surface area contributed by atoms with Crippen molar-refractivity contribution >= 4 is 27.5 Å². The minimum atomic E-state index is -3.61. The number of amides is 1. The Morgan fingerprint density at radius 3 is 2.53 bits per heavy atom. The van der Waals surface area contributed by atoms with E-state index in [-0.39, 0.29) is 30.6 Å². The number of sulfonamides is 1. The third-order valence-corrected chi connectivity index (χ3v) is 7.96. The molecule has 1 aliphatic heterocycles. The SMILES string of the molecule is CS(=O)(=O)N(CC(=O)N[C@H]1CC2(CCCCC2)Oc2ccccc21)Cc1ccccc1Cl. The van der Waals surface area contributed by atoms with Gasteiger partial charge in [0.05, 0.1) is 18.8 Å². The zero-order valence-corrected chi connectivity index (χ0v) is 19.8. The minimum absolute atomic E-state index is 0.0419. The van der Waals surface area contributed by atoms with E-state index in [0.717, 1.165) is 47.6 Å². The topological polar surface area (TPSA) is 75.7 Å². The van der Waals surface area contributed by atoms with Gasteiger partial charge in [0.15, 0.2) is 0 Å². The highest BCUT2D eigenvalue weighted by Gasteiger charge is 2.42. The Bertz CT molecular complexity index is 1080. The van der Waals surface area contributed by atoms with E-state index in [1.165, 1.54) is 6.42 Å². The smallest absolute Gasteiger partial charge is 0.235 e. The Morgan fingerprint density at radius 2 is 1.81 bits per heavy atom. The number of fused-ring (bicyclic) bond motifs is 1. The Labute approximate surface area is 195 Å². The number of nitrogens with one attached hydrogen (secondary N) is 1. The monoisotopic (exact) mass is 476 g/mol. The van der Waals surface area contributed by atoms with Crippen LogP contribution in [-0.4, -0.2) is 37.0 Å². The van der Waals surface area contributed by atoms with Crippen LogP contribution in [0.4, 0.5) is 0 Å². The van der Waals surface area contributed by atoms with E-state index in [9.17, 15) is 13.2 Å². The quantitative estimate of drug-likeness (QED) is 0.668. The molecule has 8 heteroatoms. The van der Waals surface area contributed by atoms with Gasteiger partial charge in [-0.15, -0.1) is 0 Å². The van der Waals surface area contributed by atoms with Gasteiger partial charge in [-0.2, -0.15) is 4.31 Å². The van der Waals surface area contributed by atoms with Crippen molar-refractivity contribution in [1.29, 1.82) is 0 Å². The first-order valence-electron chi connectivity index (χ1n) is 11.0. The van der Waals surface area contributed by atoms with E-state index >= 15 is 0 Å². The van der Waals surface area contributed by atoms with Crippen molar-refractivity contribution in [2.24, 2.45) is 0 Å². The number of hydrogen-bond acceptors (Lipinski definition) is 4. The molecule has 172 valence electrons. The van der Waals surface area contributed by atoms with Gasteiger partial charge in [0.2, 0.25) is 15.9 Å². The van der Waals surface area contributed by atoms with Crippen molar-refractivity contribution in [3.05, 3.63) is 64.7 Å². The summed E-state index contributed by atoms with van der Waals surface area (Å²) in [4.78, 5) is 13.0. The molecule has 1 amide bonds. The first-order valence-corrected chi connectivity index (χ1v) is 13.2. The lowest BCUT2D eigenvalue weighted by Gasteiger charge is -2.44. The normalized spacial score (nSPS) is 19.9. The maximum absolute atomic E-state index is 13.0. The van der Waals surface area contributed by atoms with Crippen molar-refractivity contribution in [2.45, 2.75) is 56.7 Å². The number of ether oxygens (including phenoxy) is 1. The molecule has 1 aliphatic carbocycles. The Kier molecular flexibility index (Phi) is 6.79. The molecule has 2 aromatic rings. The zero-order valence-electron chi connectivity index (χ0n) is 18.2. The van der Waals surface area contributed by atoms with E-state index in [4.69, 9.17) is 16.3 Å². The second-order valence-electron chi connectivity index (χ2n) is 8.83. The van der Waals surface area contributed by atoms with Gasteiger partial charge in [-0.3, -0.25) is 4.79 Å². The highest BCUT2D eigenvalue weighted by Crippen LogP contribution is 2.46. The predicted molar refractivity (Wildman–Crippen MR) is 125 cm³/mol. The molecule has 1 N–H and O–H groups in total. The molecule has 0 aromatic heterocycles. The second-order valence-corrected chi connectivity index (χ2v) is 11.2. The molecule has 1 fully saturated rings. The fourth-order valence-electron chi connectivity index (χ4n) is 4.76. The van der Waals surface area contributed by atoms with E-state index < -0.39 is 10.0 Å². The van der Waals surface area contributed by atoms with Gasteiger partial charge in [-0.05, 0) is 43.4 Å². The molecule has 0 radical (unpaired) electrons. The molecule has 0 saturated heterocycles. The van der Waals surface area contributed by atoms with Gasteiger partial charge in [0.1, 0.15) is 11.4 Å². The second kappa shape index (κ2) is 9.41. The lowest BCUT2D eigenvalue weighted by atomic mass is 9.77. The molecule has 1 heterocycles. The van der Waals surface area contributed by atoms with Gasteiger partial charge >= 0.3 is 0 Å². The number of carbonyl (C=O) groups is 1. The lowest BCUT2D eigenvalue weighted by molar-refractivity contribution is -0.123. The molecular weight excluding hydrogens is 448 g/mol. The van der Waals surface area contributed by atoms with Crippen LogP contribution >= 0.6 is 11.6 Å². The van der Waals surface area contributed by atoms with E-state index in [2.05, 4.69) is 5.32 Å². The molecule has 4 rings (SSSR count). The van der Waals surface area contributed by atoms with Gasteiger partial charge < -0.3 is 10.1 Å². The Morgan fingerprint density at radius 1 is 1.12 bits per heavy atom. The summed E-state index contributed by atoms with van der Waals surface area (Å²) < 4.78 is 32.4. The summed E-state index contributed by atoms with van der Waals surface area (Å²) in [5, 5.41) is 3.56. The molecule has 0 unspecified atom stereocenters. The molecule has 2 aliphatic rings. The van der Waals surface area contributed by atoms with Gasteiger partial charge in [-0.25, -0.2) is 8.42 Å². The van der Waals surface area contributed by atoms with Gasteiger partial charge in [-0.1, -0.05) is 54.4 Å². The van der Waals surface area contributed by atoms with Crippen LogP contribution in [0.5, 0.6) is 5.75 Å². The summed E-state index contributed by atoms with van der Waals surface area (Å²) in [6, 6.07) is 14.6. The maximum Gasteiger partial charge on any atom is 0.235 e. The van der Waals surface area contributed by atoms with Crippen LogP contribution in [0.1, 0.15) is 55.7 Å². The molecule has 6 nitrogen and oxygen atoms in total. The fraction of sp³-hybridized carbons (Fsp3) is 0.458. The number of carbonyl (C=O) groups excluding carboxylic acids is 1. The molecule has 32 heavy (non-hydrogen) atoms. The largest absolute Gasteiger partial charge is 0.487 e.